The van der Waals surface area contributed by atoms with Crippen LogP contribution in [0.4, 0.5) is 5.69 Å². The van der Waals surface area contributed by atoms with Crippen LogP contribution in [-0.2, 0) is 0 Å². The molecule has 3 nitrogen and oxygen atoms in total. The highest BCUT2D eigenvalue weighted by molar-refractivity contribution is 6.34. The van der Waals surface area contributed by atoms with Gasteiger partial charge >= 0.3 is 0 Å². The standard InChI is InChI=1S/C12H15ClN2O/c13-11-7-9(14)3-4-10(11)12(16)15-6-5-8-1-2-8/h3-4,7-8H,1-2,5-6,14H2,(H,15,16). The fourth-order valence-corrected chi connectivity index (χ4v) is 1.88. The molecule has 86 valence electrons. The van der Waals surface area contributed by atoms with Gasteiger partial charge in [0, 0.05) is 12.2 Å². The lowest BCUT2D eigenvalue weighted by Gasteiger charge is -2.06. The largest absolute Gasteiger partial charge is 0.399 e. The molecule has 0 atom stereocenters. The number of hydrogen-bond acceptors (Lipinski definition) is 2. The first kappa shape index (κ1) is 11.3. The predicted molar refractivity (Wildman–Crippen MR) is 65.5 cm³/mol. The van der Waals surface area contributed by atoms with Crippen LogP contribution in [0.3, 0.4) is 0 Å². The van der Waals surface area contributed by atoms with Crippen molar-refractivity contribution in [2.45, 2.75) is 19.3 Å². The molecule has 3 N–H and O–H groups in total. The summed E-state index contributed by atoms with van der Waals surface area (Å²) in [6, 6.07) is 4.93. The van der Waals surface area contributed by atoms with Gasteiger partial charge in [0.1, 0.15) is 0 Å². The van der Waals surface area contributed by atoms with Crippen LogP contribution in [0.1, 0.15) is 29.6 Å². The second-order valence-corrected chi connectivity index (χ2v) is 4.63. The van der Waals surface area contributed by atoms with Crippen molar-refractivity contribution in [2.24, 2.45) is 5.92 Å². The third kappa shape index (κ3) is 2.89. The van der Waals surface area contributed by atoms with Crippen LogP contribution in [0.5, 0.6) is 0 Å². The summed E-state index contributed by atoms with van der Waals surface area (Å²) in [4.78, 5) is 11.7. The average molecular weight is 239 g/mol. The Kier molecular flexibility index (Phi) is 3.34. The summed E-state index contributed by atoms with van der Waals surface area (Å²) in [6.45, 7) is 0.726. The second kappa shape index (κ2) is 4.74. The molecule has 1 fully saturated rings. The molecular formula is C12H15ClN2O. The van der Waals surface area contributed by atoms with Gasteiger partial charge in [0.25, 0.3) is 5.91 Å². The average Bonchev–Trinajstić information content (AvgIpc) is 3.01. The van der Waals surface area contributed by atoms with Crippen molar-refractivity contribution in [2.75, 3.05) is 12.3 Å². The first-order valence-corrected chi connectivity index (χ1v) is 5.88. The Bertz CT molecular complexity index is 402. The lowest BCUT2D eigenvalue weighted by molar-refractivity contribution is 0.0953. The van der Waals surface area contributed by atoms with E-state index in [0.29, 0.717) is 16.3 Å². The van der Waals surface area contributed by atoms with Crippen LogP contribution in [0, 0.1) is 5.92 Å². The van der Waals surface area contributed by atoms with E-state index in [0.717, 1.165) is 18.9 Å². The van der Waals surface area contributed by atoms with E-state index in [1.165, 1.54) is 12.8 Å². The van der Waals surface area contributed by atoms with Gasteiger partial charge in [-0.15, -0.1) is 0 Å². The minimum atomic E-state index is -0.120. The summed E-state index contributed by atoms with van der Waals surface area (Å²) in [5, 5.41) is 3.27. The van der Waals surface area contributed by atoms with Gasteiger partial charge in [-0.05, 0) is 30.5 Å². The monoisotopic (exact) mass is 238 g/mol. The number of carbonyl (C=O) groups is 1. The van der Waals surface area contributed by atoms with Gasteiger partial charge in [0.05, 0.1) is 10.6 Å². The van der Waals surface area contributed by atoms with Crippen molar-refractivity contribution in [3.63, 3.8) is 0 Å². The molecule has 0 unspecified atom stereocenters. The van der Waals surface area contributed by atoms with Gasteiger partial charge in [-0.1, -0.05) is 24.4 Å². The molecule has 0 spiro atoms. The summed E-state index contributed by atoms with van der Waals surface area (Å²) < 4.78 is 0. The molecule has 0 heterocycles. The third-order valence-electron chi connectivity index (χ3n) is 2.77. The van der Waals surface area contributed by atoms with E-state index in [1.807, 2.05) is 0 Å². The number of carbonyl (C=O) groups excluding carboxylic acids is 1. The zero-order chi connectivity index (χ0) is 11.5. The van der Waals surface area contributed by atoms with E-state index >= 15 is 0 Å². The van der Waals surface area contributed by atoms with Crippen LogP contribution in [0.25, 0.3) is 0 Å². The molecule has 1 aromatic carbocycles. The van der Waals surface area contributed by atoms with E-state index in [4.69, 9.17) is 17.3 Å². The van der Waals surface area contributed by atoms with Crippen molar-refractivity contribution >= 4 is 23.2 Å². The number of nitrogens with two attached hydrogens (primary N) is 1. The highest BCUT2D eigenvalue weighted by atomic mass is 35.5. The fourth-order valence-electron chi connectivity index (χ4n) is 1.61. The van der Waals surface area contributed by atoms with Crippen molar-refractivity contribution in [1.82, 2.24) is 5.32 Å². The Morgan fingerprint density at radius 1 is 1.50 bits per heavy atom. The number of anilines is 1. The lowest BCUT2D eigenvalue weighted by Crippen LogP contribution is -2.25. The normalized spacial score (nSPS) is 14.8. The zero-order valence-corrected chi connectivity index (χ0v) is 9.76. The van der Waals surface area contributed by atoms with Gasteiger partial charge in [-0.2, -0.15) is 0 Å². The number of rotatable bonds is 4. The first-order chi connectivity index (χ1) is 7.66. The van der Waals surface area contributed by atoms with Gasteiger partial charge in [-0.3, -0.25) is 4.79 Å². The SMILES string of the molecule is Nc1ccc(C(=O)NCCC2CC2)c(Cl)c1. The maximum absolute atomic E-state index is 11.7. The number of nitrogens with one attached hydrogen (secondary N) is 1. The molecule has 0 aliphatic heterocycles. The van der Waals surface area contributed by atoms with Gasteiger partial charge in [-0.25, -0.2) is 0 Å². The molecule has 16 heavy (non-hydrogen) atoms. The predicted octanol–water partition coefficient (Wildman–Crippen LogP) is 2.45. The van der Waals surface area contributed by atoms with Crippen molar-refractivity contribution in [3.05, 3.63) is 28.8 Å². The van der Waals surface area contributed by atoms with Crippen LogP contribution in [0.2, 0.25) is 5.02 Å². The Morgan fingerprint density at radius 2 is 2.25 bits per heavy atom. The Morgan fingerprint density at radius 3 is 2.88 bits per heavy atom. The quantitative estimate of drug-likeness (QED) is 0.792. The molecule has 2 rings (SSSR count). The highest BCUT2D eigenvalue weighted by Crippen LogP contribution is 2.31. The molecule has 0 aromatic heterocycles. The van der Waals surface area contributed by atoms with E-state index in [-0.39, 0.29) is 5.91 Å². The summed E-state index contributed by atoms with van der Waals surface area (Å²) in [6.07, 6.45) is 3.68. The Labute approximate surface area is 100.0 Å². The number of amides is 1. The maximum Gasteiger partial charge on any atom is 0.252 e. The summed E-state index contributed by atoms with van der Waals surface area (Å²) >= 11 is 5.94. The molecule has 1 amide bonds. The molecule has 1 aliphatic rings. The minimum Gasteiger partial charge on any atom is -0.399 e. The van der Waals surface area contributed by atoms with Crippen LogP contribution in [0.15, 0.2) is 18.2 Å². The van der Waals surface area contributed by atoms with E-state index in [9.17, 15) is 4.79 Å². The van der Waals surface area contributed by atoms with E-state index in [1.54, 1.807) is 18.2 Å². The highest BCUT2D eigenvalue weighted by Gasteiger charge is 2.20. The van der Waals surface area contributed by atoms with E-state index < -0.39 is 0 Å². The van der Waals surface area contributed by atoms with Gasteiger partial charge < -0.3 is 11.1 Å². The lowest BCUT2D eigenvalue weighted by atomic mass is 10.2. The maximum atomic E-state index is 11.7. The van der Waals surface area contributed by atoms with Crippen molar-refractivity contribution in [1.29, 1.82) is 0 Å². The fraction of sp³-hybridized carbons (Fsp3) is 0.417. The number of hydrogen-bond donors (Lipinski definition) is 2. The molecular weight excluding hydrogens is 224 g/mol. The third-order valence-corrected chi connectivity index (χ3v) is 3.09. The summed E-state index contributed by atoms with van der Waals surface area (Å²) in [5.41, 5.74) is 6.62. The first-order valence-electron chi connectivity index (χ1n) is 5.50. The smallest absolute Gasteiger partial charge is 0.252 e. The van der Waals surface area contributed by atoms with Crippen molar-refractivity contribution < 1.29 is 4.79 Å². The molecule has 0 saturated heterocycles. The molecule has 1 aromatic rings. The summed E-state index contributed by atoms with van der Waals surface area (Å²) in [5.74, 6) is 0.702. The minimum absolute atomic E-state index is 0.120. The molecule has 1 saturated carbocycles. The van der Waals surface area contributed by atoms with Crippen LogP contribution < -0.4 is 11.1 Å². The number of halogens is 1. The molecule has 0 radical (unpaired) electrons. The van der Waals surface area contributed by atoms with Crippen molar-refractivity contribution in [3.8, 4) is 0 Å². The van der Waals surface area contributed by atoms with Crippen LogP contribution >= 0.6 is 11.6 Å². The summed E-state index contributed by atoms with van der Waals surface area (Å²) in [7, 11) is 0. The number of nitrogen functional groups attached to an aromatic ring is 1. The second-order valence-electron chi connectivity index (χ2n) is 4.23. The Hall–Kier alpha value is -1.22. The zero-order valence-electron chi connectivity index (χ0n) is 9.00. The van der Waals surface area contributed by atoms with Gasteiger partial charge in [0.2, 0.25) is 0 Å². The number of benzene rings is 1. The molecule has 4 heteroatoms. The van der Waals surface area contributed by atoms with E-state index in [2.05, 4.69) is 5.32 Å². The topological polar surface area (TPSA) is 55.1 Å². The molecule has 0 bridgehead atoms. The van der Waals surface area contributed by atoms with Crippen LogP contribution in [-0.4, -0.2) is 12.5 Å². The molecule has 1 aliphatic carbocycles. The Balaban J connectivity index is 1.91. The van der Waals surface area contributed by atoms with Gasteiger partial charge in [0.15, 0.2) is 0 Å².